The molecule has 1 aliphatic heterocycles. The molecule has 2 unspecified atom stereocenters. The summed E-state index contributed by atoms with van der Waals surface area (Å²) in [6.45, 7) is 5.13. The molecule has 14 heavy (non-hydrogen) atoms. The van der Waals surface area contributed by atoms with Gasteiger partial charge in [0.25, 0.3) is 0 Å². The predicted molar refractivity (Wildman–Crippen MR) is 62.1 cm³/mol. The normalized spacial score (nSPS) is 33.2. The zero-order valence-electron chi connectivity index (χ0n) is 9.24. The maximum Gasteiger partial charge on any atom is 0.0624 e. The van der Waals surface area contributed by atoms with Crippen LogP contribution in [-0.2, 0) is 9.47 Å². The van der Waals surface area contributed by atoms with E-state index in [0.29, 0.717) is 18.3 Å². The van der Waals surface area contributed by atoms with Crippen molar-refractivity contribution >= 4 is 12.6 Å². The summed E-state index contributed by atoms with van der Waals surface area (Å²) in [5, 5.41) is 0. The highest BCUT2D eigenvalue weighted by atomic mass is 32.1. The fourth-order valence-corrected chi connectivity index (χ4v) is 2.17. The Balaban J connectivity index is 2.10. The molecular weight excluding hydrogens is 196 g/mol. The van der Waals surface area contributed by atoms with E-state index >= 15 is 0 Å². The van der Waals surface area contributed by atoms with Crippen LogP contribution >= 0.6 is 12.6 Å². The zero-order chi connectivity index (χ0) is 10.4. The molecule has 1 saturated heterocycles. The Morgan fingerprint density at radius 1 is 1.21 bits per heavy atom. The summed E-state index contributed by atoms with van der Waals surface area (Å²) in [5.41, 5.74) is 0. The Labute approximate surface area is 92.8 Å². The molecule has 2 atom stereocenters. The van der Waals surface area contributed by atoms with Crippen LogP contribution in [-0.4, -0.2) is 30.7 Å². The zero-order valence-corrected chi connectivity index (χ0v) is 10.1. The highest BCUT2D eigenvalue weighted by molar-refractivity contribution is 7.80. The summed E-state index contributed by atoms with van der Waals surface area (Å²) in [6.07, 6.45) is 5.49. The first kappa shape index (κ1) is 12.3. The van der Waals surface area contributed by atoms with Crippen molar-refractivity contribution in [3.63, 3.8) is 0 Å². The van der Waals surface area contributed by atoms with Crippen molar-refractivity contribution in [2.75, 3.05) is 12.4 Å². The average molecular weight is 218 g/mol. The third kappa shape index (κ3) is 4.67. The molecule has 0 aromatic heterocycles. The molecule has 0 amide bonds. The number of ether oxygens (including phenoxy) is 2. The molecular formula is C11H22O2S. The molecule has 0 spiro atoms. The smallest absolute Gasteiger partial charge is 0.0624 e. The van der Waals surface area contributed by atoms with Gasteiger partial charge in [-0.3, -0.25) is 0 Å². The van der Waals surface area contributed by atoms with E-state index in [4.69, 9.17) is 9.47 Å². The van der Waals surface area contributed by atoms with Crippen LogP contribution < -0.4 is 0 Å². The maximum absolute atomic E-state index is 5.81. The molecule has 0 N–H and O–H groups in total. The van der Waals surface area contributed by atoms with Gasteiger partial charge in [0.1, 0.15) is 0 Å². The summed E-state index contributed by atoms with van der Waals surface area (Å²) >= 11 is 4.17. The second-order valence-corrected chi connectivity index (χ2v) is 4.60. The van der Waals surface area contributed by atoms with Gasteiger partial charge in [0, 0.05) is 6.61 Å². The minimum Gasteiger partial charge on any atom is -0.378 e. The summed E-state index contributed by atoms with van der Waals surface area (Å²) in [7, 11) is 0. The molecule has 1 aliphatic rings. The molecule has 0 aliphatic carbocycles. The van der Waals surface area contributed by atoms with Gasteiger partial charge >= 0.3 is 0 Å². The maximum atomic E-state index is 5.81. The first-order valence-corrected chi connectivity index (χ1v) is 6.23. The number of rotatable bonds is 5. The molecule has 3 heteroatoms. The van der Waals surface area contributed by atoms with E-state index < -0.39 is 0 Å². The molecule has 84 valence electrons. The van der Waals surface area contributed by atoms with Crippen molar-refractivity contribution in [2.24, 2.45) is 0 Å². The summed E-state index contributed by atoms with van der Waals surface area (Å²) < 4.78 is 11.5. The van der Waals surface area contributed by atoms with Gasteiger partial charge in [-0.15, -0.1) is 0 Å². The van der Waals surface area contributed by atoms with Gasteiger partial charge in [-0.25, -0.2) is 0 Å². The lowest BCUT2D eigenvalue weighted by Gasteiger charge is -2.32. The molecule has 0 aromatic carbocycles. The van der Waals surface area contributed by atoms with E-state index in [1.54, 1.807) is 0 Å². The minimum absolute atomic E-state index is 0.355. The van der Waals surface area contributed by atoms with Gasteiger partial charge in [-0.2, -0.15) is 12.6 Å². The van der Waals surface area contributed by atoms with Gasteiger partial charge in [0.15, 0.2) is 0 Å². The van der Waals surface area contributed by atoms with Gasteiger partial charge in [-0.1, -0.05) is 0 Å². The second-order valence-electron chi connectivity index (χ2n) is 4.15. The van der Waals surface area contributed by atoms with Gasteiger partial charge < -0.3 is 9.47 Å². The molecule has 1 heterocycles. The van der Waals surface area contributed by atoms with Crippen LogP contribution in [0.1, 0.15) is 39.5 Å². The largest absolute Gasteiger partial charge is 0.378 e. The average Bonchev–Trinajstić information content (AvgIpc) is 2.11. The SMILES string of the molecule is CC1CC(OCCCCS)CC(C)O1. The Kier molecular flexibility index (Phi) is 5.90. The van der Waals surface area contributed by atoms with E-state index in [9.17, 15) is 0 Å². The molecule has 0 saturated carbocycles. The first-order valence-electron chi connectivity index (χ1n) is 5.60. The van der Waals surface area contributed by atoms with Crippen molar-refractivity contribution in [3.05, 3.63) is 0 Å². The molecule has 1 rings (SSSR count). The first-order chi connectivity index (χ1) is 6.72. The number of hydrogen-bond acceptors (Lipinski definition) is 3. The van der Waals surface area contributed by atoms with E-state index in [2.05, 4.69) is 26.5 Å². The van der Waals surface area contributed by atoms with Crippen molar-refractivity contribution in [3.8, 4) is 0 Å². The Hall–Kier alpha value is 0.270. The molecule has 2 nitrogen and oxygen atoms in total. The number of thiol groups is 1. The number of unbranched alkanes of at least 4 members (excludes halogenated alkanes) is 1. The van der Waals surface area contributed by atoms with Crippen LogP contribution in [0.15, 0.2) is 0 Å². The van der Waals surface area contributed by atoms with E-state index in [-0.39, 0.29) is 0 Å². The Morgan fingerprint density at radius 3 is 2.43 bits per heavy atom. The number of hydrogen-bond donors (Lipinski definition) is 1. The Bertz CT molecular complexity index is 142. The lowest BCUT2D eigenvalue weighted by atomic mass is 10.0. The van der Waals surface area contributed by atoms with Crippen molar-refractivity contribution < 1.29 is 9.47 Å². The summed E-state index contributed by atoms with van der Waals surface area (Å²) in [6, 6.07) is 0. The molecule has 0 aromatic rings. The third-order valence-corrected chi connectivity index (χ3v) is 2.88. The minimum atomic E-state index is 0.355. The van der Waals surface area contributed by atoms with Crippen LogP contribution in [0, 0.1) is 0 Å². The predicted octanol–water partition coefficient (Wildman–Crippen LogP) is 2.67. The fourth-order valence-electron chi connectivity index (χ4n) is 1.94. The fraction of sp³-hybridized carbons (Fsp3) is 1.00. The summed E-state index contributed by atoms with van der Waals surface area (Å²) in [4.78, 5) is 0. The lowest BCUT2D eigenvalue weighted by molar-refractivity contribution is -0.102. The van der Waals surface area contributed by atoms with Crippen LogP contribution in [0.2, 0.25) is 0 Å². The van der Waals surface area contributed by atoms with Gasteiger partial charge in [-0.05, 0) is 45.3 Å². The highest BCUT2D eigenvalue weighted by Crippen LogP contribution is 2.21. The van der Waals surface area contributed by atoms with Crippen LogP contribution in [0.3, 0.4) is 0 Å². The van der Waals surface area contributed by atoms with Crippen molar-refractivity contribution in [2.45, 2.75) is 57.8 Å². The monoisotopic (exact) mass is 218 g/mol. The third-order valence-electron chi connectivity index (χ3n) is 2.56. The topological polar surface area (TPSA) is 18.5 Å². The van der Waals surface area contributed by atoms with Crippen LogP contribution in [0.25, 0.3) is 0 Å². The highest BCUT2D eigenvalue weighted by Gasteiger charge is 2.24. The molecule has 0 bridgehead atoms. The van der Waals surface area contributed by atoms with E-state index in [0.717, 1.165) is 38.0 Å². The van der Waals surface area contributed by atoms with Gasteiger partial charge in [0.2, 0.25) is 0 Å². The van der Waals surface area contributed by atoms with Crippen LogP contribution in [0.4, 0.5) is 0 Å². The summed E-state index contributed by atoms with van der Waals surface area (Å²) in [5.74, 6) is 0.962. The standard InChI is InChI=1S/C11H22O2S/c1-9-7-11(8-10(2)13-9)12-5-3-4-6-14/h9-11,14H,3-8H2,1-2H3. The molecule has 0 radical (unpaired) electrons. The Morgan fingerprint density at radius 2 is 1.86 bits per heavy atom. The van der Waals surface area contributed by atoms with Gasteiger partial charge in [0.05, 0.1) is 18.3 Å². The van der Waals surface area contributed by atoms with Crippen molar-refractivity contribution in [1.82, 2.24) is 0 Å². The van der Waals surface area contributed by atoms with Crippen LogP contribution in [0.5, 0.6) is 0 Å². The quantitative estimate of drug-likeness (QED) is 0.565. The van der Waals surface area contributed by atoms with Crippen molar-refractivity contribution in [1.29, 1.82) is 0 Å². The molecule has 1 fully saturated rings. The van der Waals surface area contributed by atoms with E-state index in [1.165, 1.54) is 0 Å². The van der Waals surface area contributed by atoms with E-state index in [1.807, 2.05) is 0 Å². The lowest BCUT2D eigenvalue weighted by Crippen LogP contribution is -2.34. The second kappa shape index (κ2) is 6.70.